The Balaban J connectivity index is 1.77. The third-order valence-corrected chi connectivity index (χ3v) is 6.16. The second-order valence-corrected chi connectivity index (χ2v) is 8.09. The first kappa shape index (κ1) is 21.6. The number of fused-ring (bicyclic) bond motifs is 1. The highest BCUT2D eigenvalue weighted by Gasteiger charge is 2.54. The molecule has 3 rings (SSSR count). The number of aromatic nitrogens is 1. The maximum atomic E-state index is 12.7. The number of carbonyl (C=O) groups is 4. The highest BCUT2D eigenvalue weighted by atomic mass is 32.2. The zero-order valence-corrected chi connectivity index (χ0v) is 17.4. The Morgan fingerprint density at radius 2 is 2.20 bits per heavy atom. The molecule has 2 atom stereocenters. The number of aliphatic carboxylic acids is 1. The summed E-state index contributed by atoms with van der Waals surface area (Å²) in [4.78, 5) is 57.8. The summed E-state index contributed by atoms with van der Waals surface area (Å²) in [7, 11) is 1.25. The predicted molar refractivity (Wildman–Crippen MR) is 106 cm³/mol. The number of thiazole rings is 1. The van der Waals surface area contributed by atoms with Gasteiger partial charge in [-0.25, -0.2) is 9.78 Å². The van der Waals surface area contributed by atoms with Crippen molar-refractivity contribution in [2.24, 2.45) is 5.16 Å². The monoisotopic (exact) mass is 455 g/mol. The Kier molecular flexibility index (Phi) is 6.26. The third kappa shape index (κ3) is 4.09. The molecule has 4 N–H and O–H groups in total. The zero-order valence-electron chi connectivity index (χ0n) is 15.8. The van der Waals surface area contributed by atoms with E-state index >= 15 is 0 Å². The molecule has 160 valence electrons. The van der Waals surface area contributed by atoms with E-state index in [4.69, 9.17) is 10.5 Å². The topological polar surface area (TPSA) is 174 Å². The van der Waals surface area contributed by atoms with Crippen LogP contribution in [0.1, 0.15) is 12.6 Å². The molecule has 0 saturated carbocycles. The molecule has 1 saturated heterocycles. The zero-order chi connectivity index (χ0) is 22.0. The summed E-state index contributed by atoms with van der Waals surface area (Å²) in [5, 5.41) is 16.9. The number of rotatable bonds is 7. The fraction of sp³-hybridized carbons (Fsp3) is 0.375. The highest BCUT2D eigenvalue weighted by Crippen LogP contribution is 2.40. The molecule has 0 bridgehead atoms. The van der Waals surface area contributed by atoms with E-state index in [1.54, 1.807) is 0 Å². The number of anilines is 1. The number of oxime groups is 1. The molecule has 3 heterocycles. The van der Waals surface area contributed by atoms with Gasteiger partial charge in [-0.1, -0.05) is 5.16 Å². The van der Waals surface area contributed by atoms with Crippen molar-refractivity contribution < 1.29 is 33.9 Å². The first-order chi connectivity index (χ1) is 14.2. The number of carboxylic acids is 1. The van der Waals surface area contributed by atoms with Crippen molar-refractivity contribution in [2.75, 3.05) is 25.2 Å². The van der Waals surface area contributed by atoms with Gasteiger partial charge in [0.05, 0.1) is 0 Å². The van der Waals surface area contributed by atoms with Gasteiger partial charge in [0.1, 0.15) is 36.5 Å². The van der Waals surface area contributed by atoms with Gasteiger partial charge in [0.25, 0.3) is 11.8 Å². The van der Waals surface area contributed by atoms with Gasteiger partial charge < -0.3 is 25.7 Å². The third-order valence-electron chi connectivity index (χ3n) is 4.15. The average molecular weight is 455 g/mol. The average Bonchev–Trinajstić information content (AvgIpc) is 3.13. The van der Waals surface area contributed by atoms with Gasteiger partial charge in [-0.05, 0) is 0 Å². The van der Waals surface area contributed by atoms with Crippen LogP contribution in [0.15, 0.2) is 21.8 Å². The lowest BCUT2D eigenvalue weighted by atomic mass is 10.0. The fourth-order valence-corrected chi connectivity index (χ4v) is 4.76. The molecule has 2 aliphatic rings. The lowest BCUT2D eigenvalue weighted by molar-refractivity contribution is -0.150. The van der Waals surface area contributed by atoms with Crippen molar-refractivity contribution in [3.05, 3.63) is 22.3 Å². The predicted octanol–water partition coefficient (Wildman–Crippen LogP) is -0.622. The molecular formula is C16H17N5O7S2. The van der Waals surface area contributed by atoms with Gasteiger partial charge >= 0.3 is 11.9 Å². The van der Waals surface area contributed by atoms with Crippen molar-refractivity contribution in [1.82, 2.24) is 15.2 Å². The molecule has 1 fully saturated rings. The molecular weight excluding hydrogens is 438 g/mol. The lowest BCUT2D eigenvalue weighted by Crippen LogP contribution is -2.71. The summed E-state index contributed by atoms with van der Waals surface area (Å²) in [5.41, 5.74) is 5.67. The second kappa shape index (κ2) is 8.71. The molecule has 0 radical (unpaired) electrons. The van der Waals surface area contributed by atoms with Crippen LogP contribution in [0.3, 0.4) is 0 Å². The van der Waals surface area contributed by atoms with E-state index in [-0.39, 0.29) is 34.6 Å². The second-order valence-electron chi connectivity index (χ2n) is 6.09. The molecule has 1 aromatic heterocycles. The summed E-state index contributed by atoms with van der Waals surface area (Å²) in [6.07, 6.45) is 0. The smallest absolute Gasteiger partial charge is 0.352 e. The van der Waals surface area contributed by atoms with Gasteiger partial charge in [-0.3, -0.25) is 19.3 Å². The van der Waals surface area contributed by atoms with Crippen LogP contribution in [0.5, 0.6) is 0 Å². The number of nitrogens with zero attached hydrogens (tertiary/aromatic N) is 3. The highest BCUT2D eigenvalue weighted by molar-refractivity contribution is 8.00. The Bertz CT molecular complexity index is 973. The number of ether oxygens (including phenoxy) is 1. The van der Waals surface area contributed by atoms with Crippen molar-refractivity contribution in [1.29, 1.82) is 0 Å². The molecule has 1 aromatic rings. The number of carboxylic acid groups (broad SMARTS) is 1. The molecule has 0 aliphatic carbocycles. The van der Waals surface area contributed by atoms with Crippen LogP contribution in [0.4, 0.5) is 5.13 Å². The molecule has 0 aromatic carbocycles. The first-order valence-corrected chi connectivity index (χ1v) is 10.3. The number of nitrogen functional groups attached to an aromatic ring is 1. The van der Waals surface area contributed by atoms with Gasteiger partial charge in [-0.2, -0.15) is 0 Å². The Morgan fingerprint density at radius 1 is 1.47 bits per heavy atom. The van der Waals surface area contributed by atoms with Crippen molar-refractivity contribution in [3.8, 4) is 0 Å². The quantitative estimate of drug-likeness (QED) is 0.208. The van der Waals surface area contributed by atoms with Crippen LogP contribution in [0.25, 0.3) is 0 Å². The number of nitrogens with two attached hydrogens (primary N) is 1. The normalized spacial score (nSPS) is 20.9. The molecule has 30 heavy (non-hydrogen) atoms. The Morgan fingerprint density at radius 3 is 2.77 bits per heavy atom. The minimum atomic E-state index is -1.32. The molecule has 2 amide bonds. The standard InChI is InChI=1S/C16H17N5O7S2/c1-6(22)28-3-7-4-29-14-10(13(24)21(14)11(7)15(25)26)19-12(23)9(20-27-2)8-5-30-16(17)18-8/h5,10,14H,3-4H2,1-2H3,(H2,17,18)(H,19,23)(H,25,26)/t10-,14-/m0/s1. The number of carbonyl (C=O) groups excluding carboxylic acids is 3. The van der Waals surface area contributed by atoms with Crippen LogP contribution >= 0.6 is 23.1 Å². The largest absolute Gasteiger partial charge is 0.477 e. The van der Waals surface area contributed by atoms with Crippen LogP contribution < -0.4 is 11.1 Å². The van der Waals surface area contributed by atoms with Crippen molar-refractivity contribution >= 4 is 57.7 Å². The van der Waals surface area contributed by atoms with E-state index < -0.39 is 35.2 Å². The maximum absolute atomic E-state index is 12.7. The molecule has 12 nitrogen and oxygen atoms in total. The number of β-lactam (4-membered cyclic amide) rings is 1. The van der Waals surface area contributed by atoms with E-state index in [0.717, 1.165) is 16.2 Å². The van der Waals surface area contributed by atoms with Crippen molar-refractivity contribution in [3.63, 3.8) is 0 Å². The number of thioether (sulfide) groups is 1. The van der Waals surface area contributed by atoms with Crippen LogP contribution in [-0.4, -0.2) is 75.3 Å². The number of amides is 2. The number of hydrogen-bond donors (Lipinski definition) is 3. The summed E-state index contributed by atoms with van der Waals surface area (Å²) in [6, 6.07) is -0.967. The van der Waals surface area contributed by atoms with Crippen LogP contribution in [0, 0.1) is 0 Å². The van der Waals surface area contributed by atoms with E-state index in [2.05, 4.69) is 20.3 Å². The Hall–Kier alpha value is -3.13. The summed E-state index contributed by atoms with van der Waals surface area (Å²) >= 11 is 2.35. The molecule has 0 unspecified atom stereocenters. The fourth-order valence-electron chi connectivity index (χ4n) is 2.88. The Labute approximate surface area is 178 Å². The first-order valence-electron chi connectivity index (χ1n) is 8.41. The SMILES string of the molecule is CON=C(C(=O)N[C@H]1C(=O)N2C(C(=O)O)=C(COC(C)=O)CS[C@@H]12)c1csc(N)n1. The van der Waals surface area contributed by atoms with Crippen molar-refractivity contribution in [2.45, 2.75) is 18.3 Å². The minimum Gasteiger partial charge on any atom is -0.477 e. The minimum absolute atomic E-state index is 0.165. The maximum Gasteiger partial charge on any atom is 0.352 e. The van der Waals surface area contributed by atoms with Gasteiger partial charge in [0.2, 0.25) is 0 Å². The number of hydrogen-bond acceptors (Lipinski definition) is 11. The van der Waals surface area contributed by atoms with Crippen LogP contribution in [0.2, 0.25) is 0 Å². The summed E-state index contributed by atoms with van der Waals surface area (Å²) < 4.78 is 4.88. The van der Waals surface area contributed by atoms with Gasteiger partial charge in [-0.15, -0.1) is 23.1 Å². The molecule has 14 heteroatoms. The summed E-state index contributed by atoms with van der Waals surface area (Å²) in [6.45, 7) is 0.975. The van der Waals surface area contributed by atoms with E-state index in [1.165, 1.54) is 31.2 Å². The van der Waals surface area contributed by atoms with E-state index in [9.17, 15) is 24.3 Å². The number of esters is 1. The molecule has 2 aliphatic heterocycles. The van der Waals surface area contributed by atoms with Gasteiger partial charge in [0, 0.05) is 23.6 Å². The lowest BCUT2D eigenvalue weighted by Gasteiger charge is -2.49. The summed E-state index contributed by atoms with van der Waals surface area (Å²) in [5.74, 6) is -2.98. The van der Waals surface area contributed by atoms with E-state index in [0.29, 0.717) is 5.57 Å². The van der Waals surface area contributed by atoms with Gasteiger partial charge in [0.15, 0.2) is 10.8 Å². The number of nitrogens with one attached hydrogen (secondary N) is 1. The van der Waals surface area contributed by atoms with E-state index in [1.807, 2.05) is 0 Å². The molecule has 0 spiro atoms. The van der Waals surface area contributed by atoms with Crippen LogP contribution in [-0.2, 0) is 28.8 Å².